The maximum Gasteiger partial charge on any atom is 0.270 e. The molecule has 0 atom stereocenters. The van der Waals surface area contributed by atoms with Crippen LogP contribution in [0.4, 0.5) is 11.4 Å². The Morgan fingerprint density at radius 1 is 1.13 bits per heavy atom. The fourth-order valence-electron chi connectivity index (χ4n) is 3.84. The minimum Gasteiger partial charge on any atom is -0.331 e. The van der Waals surface area contributed by atoms with E-state index in [1.165, 1.54) is 18.2 Å². The van der Waals surface area contributed by atoms with Crippen LogP contribution in [0.15, 0.2) is 42.5 Å². The first-order valence-corrected chi connectivity index (χ1v) is 10.3. The molecule has 0 aliphatic carbocycles. The highest BCUT2D eigenvalue weighted by Gasteiger charge is 2.16. The number of non-ortho nitro benzene ring substituents is 1. The van der Waals surface area contributed by atoms with Gasteiger partial charge >= 0.3 is 0 Å². The topological polar surface area (TPSA) is 96.5 Å². The molecule has 3 aromatic rings. The number of carbonyl (C=O) groups is 1. The van der Waals surface area contributed by atoms with Gasteiger partial charge in [0.05, 0.1) is 16.0 Å². The van der Waals surface area contributed by atoms with Crippen LogP contribution in [0.3, 0.4) is 0 Å². The molecule has 0 radical (unpaired) electrons. The van der Waals surface area contributed by atoms with E-state index < -0.39 is 10.8 Å². The van der Waals surface area contributed by atoms with Gasteiger partial charge < -0.3 is 19.7 Å². The minimum absolute atomic E-state index is 0.113. The first kappa shape index (κ1) is 21.0. The van der Waals surface area contributed by atoms with Crippen molar-refractivity contribution in [3.63, 3.8) is 0 Å². The molecule has 0 unspecified atom stereocenters. The highest BCUT2D eigenvalue weighted by atomic mass is 16.6. The third kappa shape index (κ3) is 4.73. The first-order valence-electron chi connectivity index (χ1n) is 10.3. The number of fused-ring (bicyclic) bond motifs is 1. The van der Waals surface area contributed by atoms with Gasteiger partial charge in [-0.2, -0.15) is 0 Å². The normalized spacial score (nSPS) is 15.3. The molecule has 1 saturated heterocycles. The van der Waals surface area contributed by atoms with Gasteiger partial charge in [0.2, 0.25) is 0 Å². The quantitative estimate of drug-likeness (QED) is 0.484. The van der Waals surface area contributed by atoms with Gasteiger partial charge in [-0.25, -0.2) is 4.98 Å². The lowest BCUT2D eigenvalue weighted by Gasteiger charge is -2.32. The number of imidazole rings is 1. The highest BCUT2D eigenvalue weighted by molar-refractivity contribution is 6.05. The predicted molar refractivity (Wildman–Crippen MR) is 119 cm³/mol. The van der Waals surface area contributed by atoms with E-state index in [1.807, 2.05) is 25.2 Å². The number of likely N-dealkylation sites (N-methyl/N-ethyl adjacent to an activating group) is 1. The van der Waals surface area contributed by atoms with Crippen LogP contribution in [0.2, 0.25) is 0 Å². The fourth-order valence-corrected chi connectivity index (χ4v) is 3.84. The lowest BCUT2D eigenvalue weighted by molar-refractivity contribution is -0.384. The van der Waals surface area contributed by atoms with E-state index >= 15 is 0 Å². The van der Waals surface area contributed by atoms with Crippen LogP contribution in [0.25, 0.3) is 11.0 Å². The Bertz CT molecular complexity index is 1120. The molecule has 2 heterocycles. The van der Waals surface area contributed by atoms with E-state index in [2.05, 4.69) is 26.7 Å². The van der Waals surface area contributed by atoms with Crippen molar-refractivity contribution in [2.75, 3.05) is 45.1 Å². The molecule has 31 heavy (non-hydrogen) atoms. The average Bonchev–Trinajstić information content (AvgIpc) is 3.08. The Morgan fingerprint density at radius 3 is 2.65 bits per heavy atom. The summed E-state index contributed by atoms with van der Waals surface area (Å²) in [5, 5.41) is 13.8. The van der Waals surface area contributed by atoms with E-state index in [0.29, 0.717) is 5.69 Å². The number of piperazine rings is 1. The number of hydrogen-bond acceptors (Lipinski definition) is 6. The van der Waals surface area contributed by atoms with Crippen molar-refractivity contribution >= 4 is 28.3 Å². The first-order chi connectivity index (χ1) is 14.9. The fraction of sp³-hybridized carbons (Fsp3) is 0.364. The largest absolute Gasteiger partial charge is 0.331 e. The number of amides is 1. The SMILES string of the molecule is CN1CCN(CCc2nc3cc(NC(=O)c4cccc([N+](=O)[O-])c4)ccc3n2C)CC1. The molecule has 0 spiro atoms. The third-order valence-electron chi connectivity index (χ3n) is 5.80. The van der Waals surface area contributed by atoms with Gasteiger partial charge in [-0.05, 0) is 31.3 Å². The summed E-state index contributed by atoms with van der Waals surface area (Å²) in [6.45, 7) is 5.32. The maximum atomic E-state index is 12.5. The zero-order valence-corrected chi connectivity index (χ0v) is 17.7. The van der Waals surface area contributed by atoms with Gasteiger partial charge in [-0.15, -0.1) is 0 Å². The van der Waals surface area contributed by atoms with Crippen LogP contribution in [0.5, 0.6) is 0 Å². The number of aryl methyl sites for hydroxylation is 1. The van der Waals surface area contributed by atoms with Crippen LogP contribution in [0, 0.1) is 10.1 Å². The van der Waals surface area contributed by atoms with E-state index in [4.69, 9.17) is 4.98 Å². The van der Waals surface area contributed by atoms with Crippen molar-refractivity contribution in [2.45, 2.75) is 6.42 Å². The molecule has 1 N–H and O–H groups in total. The Hall–Kier alpha value is -3.30. The number of rotatable bonds is 6. The summed E-state index contributed by atoms with van der Waals surface area (Å²) in [4.78, 5) is 32.5. The summed E-state index contributed by atoms with van der Waals surface area (Å²) < 4.78 is 2.09. The van der Waals surface area contributed by atoms with Crippen LogP contribution in [-0.4, -0.2) is 70.0 Å². The van der Waals surface area contributed by atoms with Crippen LogP contribution >= 0.6 is 0 Å². The van der Waals surface area contributed by atoms with Gasteiger partial charge in [0.25, 0.3) is 11.6 Å². The lowest BCUT2D eigenvalue weighted by atomic mass is 10.2. The van der Waals surface area contributed by atoms with E-state index in [0.717, 1.165) is 56.0 Å². The van der Waals surface area contributed by atoms with Crippen LogP contribution in [0.1, 0.15) is 16.2 Å². The molecule has 1 fully saturated rings. The summed E-state index contributed by atoms with van der Waals surface area (Å²) in [6.07, 6.45) is 0.865. The molecule has 2 aromatic carbocycles. The Labute approximate surface area is 180 Å². The molecule has 0 saturated carbocycles. The summed E-state index contributed by atoms with van der Waals surface area (Å²) in [6, 6.07) is 11.3. The third-order valence-corrected chi connectivity index (χ3v) is 5.80. The monoisotopic (exact) mass is 422 g/mol. The van der Waals surface area contributed by atoms with Crippen molar-refractivity contribution < 1.29 is 9.72 Å². The number of benzene rings is 2. The molecular formula is C22H26N6O3. The van der Waals surface area contributed by atoms with Gasteiger partial charge in [0, 0.05) is 69.6 Å². The Kier molecular flexibility index (Phi) is 5.97. The van der Waals surface area contributed by atoms with E-state index in [1.54, 1.807) is 6.07 Å². The summed E-state index contributed by atoms with van der Waals surface area (Å²) in [7, 11) is 4.16. The zero-order valence-electron chi connectivity index (χ0n) is 17.7. The molecule has 1 aliphatic heterocycles. The molecule has 1 aromatic heterocycles. The van der Waals surface area contributed by atoms with Gasteiger partial charge in [0.15, 0.2) is 0 Å². The van der Waals surface area contributed by atoms with E-state index in [9.17, 15) is 14.9 Å². The van der Waals surface area contributed by atoms with Crippen molar-refractivity contribution in [1.29, 1.82) is 0 Å². The smallest absolute Gasteiger partial charge is 0.270 e. The molecule has 4 rings (SSSR count). The van der Waals surface area contributed by atoms with E-state index in [-0.39, 0.29) is 11.3 Å². The number of aromatic nitrogens is 2. The second-order valence-corrected chi connectivity index (χ2v) is 7.95. The maximum absolute atomic E-state index is 12.5. The number of nitrogens with one attached hydrogen (secondary N) is 1. The number of carbonyl (C=O) groups excluding carboxylic acids is 1. The van der Waals surface area contributed by atoms with Crippen LogP contribution in [-0.2, 0) is 13.5 Å². The lowest BCUT2D eigenvalue weighted by Crippen LogP contribution is -2.45. The van der Waals surface area contributed by atoms with Crippen molar-refractivity contribution in [3.8, 4) is 0 Å². The Morgan fingerprint density at radius 2 is 1.90 bits per heavy atom. The van der Waals surface area contributed by atoms with Crippen LogP contribution < -0.4 is 5.32 Å². The molecule has 162 valence electrons. The predicted octanol–water partition coefficient (Wildman–Crippen LogP) is 2.52. The van der Waals surface area contributed by atoms with Gasteiger partial charge in [-0.3, -0.25) is 14.9 Å². The zero-order chi connectivity index (χ0) is 22.0. The standard InChI is InChI=1S/C22H26N6O3/c1-25-10-12-27(13-11-25)9-8-21-24-19-15-17(6-7-20(19)26(21)2)23-22(29)16-4-3-5-18(14-16)28(30)31/h3-7,14-15H,8-13H2,1-2H3,(H,23,29). The highest BCUT2D eigenvalue weighted by Crippen LogP contribution is 2.21. The number of hydrogen-bond donors (Lipinski definition) is 1. The Balaban J connectivity index is 1.46. The van der Waals surface area contributed by atoms with Gasteiger partial charge in [0.1, 0.15) is 5.82 Å². The molecular weight excluding hydrogens is 396 g/mol. The number of nitro groups is 1. The van der Waals surface area contributed by atoms with Crippen molar-refractivity contribution in [3.05, 3.63) is 64.0 Å². The number of anilines is 1. The second-order valence-electron chi connectivity index (χ2n) is 7.95. The molecule has 0 bridgehead atoms. The molecule has 9 heteroatoms. The molecule has 1 aliphatic rings. The van der Waals surface area contributed by atoms with Gasteiger partial charge in [-0.1, -0.05) is 6.07 Å². The summed E-state index contributed by atoms with van der Waals surface area (Å²) >= 11 is 0. The molecule has 9 nitrogen and oxygen atoms in total. The summed E-state index contributed by atoms with van der Waals surface area (Å²) in [5.41, 5.74) is 2.54. The number of nitro benzene ring substituents is 1. The summed E-state index contributed by atoms with van der Waals surface area (Å²) in [5.74, 6) is 0.616. The number of nitrogens with zero attached hydrogens (tertiary/aromatic N) is 5. The van der Waals surface area contributed by atoms with Crippen molar-refractivity contribution in [1.82, 2.24) is 19.4 Å². The van der Waals surface area contributed by atoms with Crippen molar-refractivity contribution in [2.24, 2.45) is 7.05 Å². The second kappa shape index (κ2) is 8.83. The molecule has 1 amide bonds. The minimum atomic E-state index is -0.513. The average molecular weight is 422 g/mol.